The Labute approximate surface area is 99.6 Å². The van der Waals surface area contributed by atoms with E-state index < -0.39 is 0 Å². The fourth-order valence-electron chi connectivity index (χ4n) is 2.29. The van der Waals surface area contributed by atoms with Crippen molar-refractivity contribution in [2.75, 3.05) is 0 Å². The molecule has 0 heterocycles. The van der Waals surface area contributed by atoms with E-state index in [0.717, 1.165) is 17.5 Å². The third-order valence-electron chi connectivity index (χ3n) is 3.13. The first-order valence-electron chi connectivity index (χ1n) is 5.35. The topological polar surface area (TPSA) is 28.1 Å². The van der Waals surface area contributed by atoms with Crippen molar-refractivity contribution in [2.24, 2.45) is 0 Å². The van der Waals surface area contributed by atoms with Gasteiger partial charge in [-0.2, -0.15) is 5.26 Å². The van der Waals surface area contributed by atoms with Gasteiger partial charge in [0.1, 0.15) is 0 Å². The molecule has 2 heteroatoms. The van der Waals surface area contributed by atoms with Crippen molar-refractivity contribution in [3.8, 4) is 17.2 Å². The fourth-order valence-corrected chi connectivity index (χ4v) is 2.29. The summed E-state index contributed by atoms with van der Waals surface area (Å²) < 4.78 is 0. The van der Waals surface area contributed by atoms with Gasteiger partial charge in [0.25, 0.3) is 0 Å². The van der Waals surface area contributed by atoms with E-state index in [9.17, 15) is 0 Å². The van der Waals surface area contributed by atoms with Crippen molar-refractivity contribution >= 4 is 5.69 Å². The molecular weight excluding hydrogens is 208 g/mol. The second kappa shape index (κ2) is 3.47. The van der Waals surface area contributed by atoms with Crippen LogP contribution in [-0.2, 0) is 6.42 Å². The van der Waals surface area contributed by atoms with Crippen LogP contribution in [0.15, 0.2) is 36.4 Å². The normalized spacial score (nSPS) is 11.2. The molecule has 0 bridgehead atoms. The van der Waals surface area contributed by atoms with Gasteiger partial charge in [0.15, 0.2) is 5.69 Å². The third kappa shape index (κ3) is 1.40. The lowest BCUT2D eigenvalue weighted by Gasteiger charge is -2.01. The zero-order chi connectivity index (χ0) is 11.8. The number of nitrogens with zero attached hydrogens (tertiary/aromatic N) is 2. The van der Waals surface area contributed by atoms with Crippen molar-refractivity contribution in [3.05, 3.63) is 64.5 Å². The Morgan fingerprint density at radius 1 is 1.06 bits per heavy atom. The monoisotopic (exact) mass is 216 g/mol. The molecule has 1 aliphatic carbocycles. The molecule has 78 valence electrons. The number of nitriles is 1. The molecule has 0 spiro atoms. The maximum Gasteiger partial charge on any atom is 0.187 e. The summed E-state index contributed by atoms with van der Waals surface area (Å²) in [7, 11) is 0. The molecule has 0 saturated heterocycles. The summed E-state index contributed by atoms with van der Waals surface area (Å²) in [5.41, 5.74) is 6.00. The molecule has 0 saturated carbocycles. The third-order valence-corrected chi connectivity index (χ3v) is 3.13. The van der Waals surface area contributed by atoms with Crippen molar-refractivity contribution in [2.45, 2.75) is 6.42 Å². The van der Waals surface area contributed by atoms with Crippen LogP contribution in [0.1, 0.15) is 16.7 Å². The molecular formula is C15H8N2. The first-order valence-corrected chi connectivity index (χ1v) is 5.35. The Kier molecular flexibility index (Phi) is 1.97. The molecule has 2 aromatic carbocycles. The average molecular weight is 216 g/mol. The second-order valence-corrected chi connectivity index (χ2v) is 4.11. The minimum Gasteiger partial charge on any atom is -0.238 e. The van der Waals surface area contributed by atoms with Gasteiger partial charge >= 0.3 is 0 Å². The highest BCUT2D eigenvalue weighted by Crippen LogP contribution is 2.38. The van der Waals surface area contributed by atoms with Crippen LogP contribution in [0.3, 0.4) is 0 Å². The predicted molar refractivity (Wildman–Crippen MR) is 65.7 cm³/mol. The SMILES string of the molecule is [C-]#[N+]c1ccc2c(c1)-c1cc(C#N)ccc1C2. The quantitative estimate of drug-likeness (QED) is 0.527. The molecule has 0 fully saturated rings. The summed E-state index contributed by atoms with van der Waals surface area (Å²) in [6.45, 7) is 7.04. The average Bonchev–Trinajstić information content (AvgIpc) is 2.75. The van der Waals surface area contributed by atoms with Crippen LogP contribution in [0.25, 0.3) is 16.0 Å². The number of fused-ring (bicyclic) bond motifs is 3. The lowest BCUT2D eigenvalue weighted by Crippen LogP contribution is -1.81. The lowest BCUT2D eigenvalue weighted by atomic mass is 10.0. The van der Waals surface area contributed by atoms with Crippen LogP contribution in [0.5, 0.6) is 0 Å². The van der Waals surface area contributed by atoms with E-state index >= 15 is 0 Å². The number of hydrogen-bond donors (Lipinski definition) is 0. The molecule has 3 rings (SSSR count). The van der Waals surface area contributed by atoms with Crippen molar-refractivity contribution in [3.63, 3.8) is 0 Å². The molecule has 17 heavy (non-hydrogen) atoms. The first-order chi connectivity index (χ1) is 8.31. The highest BCUT2D eigenvalue weighted by molar-refractivity contribution is 5.80. The molecule has 0 aliphatic heterocycles. The van der Waals surface area contributed by atoms with Crippen LogP contribution in [0.2, 0.25) is 0 Å². The van der Waals surface area contributed by atoms with Gasteiger partial charge in [-0.15, -0.1) is 0 Å². The standard InChI is InChI=1S/C15H8N2/c1-17-13-5-4-12-7-11-3-2-10(9-16)6-14(11)15(12)8-13/h2-6,8H,7H2. The summed E-state index contributed by atoms with van der Waals surface area (Å²) in [6.07, 6.45) is 0.897. The van der Waals surface area contributed by atoms with Gasteiger partial charge < -0.3 is 0 Å². The van der Waals surface area contributed by atoms with E-state index in [1.807, 2.05) is 36.4 Å². The van der Waals surface area contributed by atoms with E-state index in [4.69, 9.17) is 11.8 Å². The minimum absolute atomic E-state index is 0.652. The molecule has 2 aromatic rings. The van der Waals surface area contributed by atoms with Crippen LogP contribution in [0, 0.1) is 17.9 Å². The van der Waals surface area contributed by atoms with Crippen LogP contribution in [-0.4, -0.2) is 0 Å². The molecule has 0 N–H and O–H groups in total. The molecule has 1 aliphatic rings. The zero-order valence-corrected chi connectivity index (χ0v) is 9.07. The van der Waals surface area contributed by atoms with Crippen molar-refractivity contribution in [1.82, 2.24) is 0 Å². The van der Waals surface area contributed by atoms with Crippen LogP contribution < -0.4 is 0 Å². The highest BCUT2D eigenvalue weighted by Gasteiger charge is 2.18. The fraction of sp³-hybridized carbons (Fsp3) is 0.0667. The zero-order valence-electron chi connectivity index (χ0n) is 9.07. The largest absolute Gasteiger partial charge is 0.238 e. The van der Waals surface area contributed by atoms with Gasteiger partial charge in [0.2, 0.25) is 0 Å². The maximum absolute atomic E-state index is 8.92. The van der Waals surface area contributed by atoms with Gasteiger partial charge in [0.05, 0.1) is 18.2 Å². The van der Waals surface area contributed by atoms with Crippen LogP contribution in [0.4, 0.5) is 5.69 Å². The second-order valence-electron chi connectivity index (χ2n) is 4.11. The maximum atomic E-state index is 8.92. The Hall–Kier alpha value is -2.58. The summed E-state index contributed by atoms with van der Waals surface area (Å²) >= 11 is 0. The predicted octanol–water partition coefficient (Wildman–Crippen LogP) is 3.68. The molecule has 0 amide bonds. The van der Waals surface area contributed by atoms with Crippen molar-refractivity contribution < 1.29 is 0 Å². The Morgan fingerprint density at radius 3 is 2.47 bits per heavy atom. The van der Waals surface area contributed by atoms with Gasteiger partial charge in [0, 0.05) is 0 Å². The van der Waals surface area contributed by atoms with E-state index in [1.165, 1.54) is 11.1 Å². The van der Waals surface area contributed by atoms with Gasteiger partial charge in [-0.3, -0.25) is 0 Å². The first kappa shape index (κ1) is 9.63. The Bertz CT molecular complexity index is 638. The van der Waals surface area contributed by atoms with Crippen LogP contribution >= 0.6 is 0 Å². The van der Waals surface area contributed by atoms with E-state index in [1.54, 1.807) is 0 Å². The number of rotatable bonds is 0. The smallest absolute Gasteiger partial charge is 0.187 e. The molecule has 0 atom stereocenters. The molecule has 0 unspecified atom stereocenters. The highest BCUT2D eigenvalue weighted by atomic mass is 14.6. The van der Waals surface area contributed by atoms with Gasteiger partial charge in [-0.25, -0.2) is 4.85 Å². The summed E-state index contributed by atoms with van der Waals surface area (Å²) in [6, 6.07) is 13.7. The van der Waals surface area contributed by atoms with Gasteiger partial charge in [-0.1, -0.05) is 18.2 Å². The minimum atomic E-state index is 0.652. The molecule has 0 radical (unpaired) electrons. The van der Waals surface area contributed by atoms with E-state index in [2.05, 4.69) is 10.9 Å². The number of hydrogen-bond acceptors (Lipinski definition) is 1. The number of benzene rings is 2. The molecule has 0 aromatic heterocycles. The summed E-state index contributed by atoms with van der Waals surface area (Å²) in [4.78, 5) is 3.45. The molecule has 2 nitrogen and oxygen atoms in total. The lowest BCUT2D eigenvalue weighted by molar-refractivity contribution is 1.26. The van der Waals surface area contributed by atoms with E-state index in [-0.39, 0.29) is 0 Å². The Balaban J connectivity index is 2.25. The summed E-state index contributed by atoms with van der Waals surface area (Å²) in [5, 5.41) is 8.92. The van der Waals surface area contributed by atoms with E-state index in [0.29, 0.717) is 11.3 Å². The van der Waals surface area contributed by atoms with Gasteiger partial charge in [-0.05, 0) is 46.9 Å². The van der Waals surface area contributed by atoms with Crippen molar-refractivity contribution in [1.29, 1.82) is 5.26 Å². The summed E-state index contributed by atoms with van der Waals surface area (Å²) in [5.74, 6) is 0. The Morgan fingerprint density at radius 2 is 1.76 bits per heavy atom.